The standard InChI is InChI=1S/C14H18F3NO2/c1-3-9(2)13(20)18-8-12(19)10-5-4-6-11(7-10)14(15,16)17/h4-7,9,12,19H,3,8H2,1-2H3,(H,18,20). The van der Waals surface area contributed by atoms with Crippen molar-refractivity contribution >= 4 is 5.91 Å². The van der Waals surface area contributed by atoms with E-state index in [1.54, 1.807) is 6.92 Å². The molecule has 2 atom stereocenters. The normalized spacial score (nSPS) is 14.7. The van der Waals surface area contributed by atoms with Gasteiger partial charge in [-0.15, -0.1) is 0 Å². The third-order valence-corrected chi connectivity index (χ3v) is 3.13. The van der Waals surface area contributed by atoms with E-state index in [4.69, 9.17) is 0 Å². The molecule has 0 heterocycles. The number of alkyl halides is 3. The molecule has 20 heavy (non-hydrogen) atoms. The largest absolute Gasteiger partial charge is 0.416 e. The van der Waals surface area contributed by atoms with Crippen LogP contribution in [-0.4, -0.2) is 17.6 Å². The first-order valence-corrected chi connectivity index (χ1v) is 6.38. The molecular weight excluding hydrogens is 271 g/mol. The molecule has 1 rings (SSSR count). The first-order valence-electron chi connectivity index (χ1n) is 6.38. The lowest BCUT2D eigenvalue weighted by Gasteiger charge is -2.16. The maximum Gasteiger partial charge on any atom is 0.416 e. The van der Waals surface area contributed by atoms with Crippen molar-refractivity contribution in [3.63, 3.8) is 0 Å². The zero-order valence-electron chi connectivity index (χ0n) is 11.4. The van der Waals surface area contributed by atoms with Gasteiger partial charge in [-0.1, -0.05) is 26.0 Å². The van der Waals surface area contributed by atoms with Crippen LogP contribution >= 0.6 is 0 Å². The fourth-order valence-electron chi connectivity index (χ4n) is 1.60. The Kier molecular flexibility index (Phi) is 5.56. The summed E-state index contributed by atoms with van der Waals surface area (Å²) >= 11 is 0. The van der Waals surface area contributed by atoms with Gasteiger partial charge in [-0.25, -0.2) is 0 Å². The van der Waals surface area contributed by atoms with Gasteiger partial charge in [-0.3, -0.25) is 4.79 Å². The highest BCUT2D eigenvalue weighted by Gasteiger charge is 2.30. The monoisotopic (exact) mass is 289 g/mol. The molecule has 0 aliphatic rings. The molecule has 0 aromatic heterocycles. The second-order valence-electron chi connectivity index (χ2n) is 4.69. The second kappa shape index (κ2) is 6.74. The molecule has 2 N–H and O–H groups in total. The van der Waals surface area contributed by atoms with Crippen LogP contribution in [0.4, 0.5) is 13.2 Å². The summed E-state index contributed by atoms with van der Waals surface area (Å²) in [5.74, 6) is -0.415. The van der Waals surface area contributed by atoms with Crippen molar-refractivity contribution in [3.05, 3.63) is 35.4 Å². The Morgan fingerprint density at radius 2 is 2.05 bits per heavy atom. The van der Waals surface area contributed by atoms with Crippen molar-refractivity contribution in [1.82, 2.24) is 5.32 Å². The summed E-state index contributed by atoms with van der Waals surface area (Å²) in [4.78, 5) is 11.5. The van der Waals surface area contributed by atoms with Crippen LogP contribution in [-0.2, 0) is 11.0 Å². The molecule has 0 spiro atoms. The molecule has 0 saturated heterocycles. The minimum absolute atomic E-state index is 0.107. The van der Waals surface area contributed by atoms with Crippen molar-refractivity contribution in [1.29, 1.82) is 0 Å². The van der Waals surface area contributed by atoms with E-state index in [0.29, 0.717) is 6.42 Å². The van der Waals surface area contributed by atoms with Crippen LogP contribution in [0, 0.1) is 5.92 Å². The van der Waals surface area contributed by atoms with Crippen molar-refractivity contribution < 1.29 is 23.1 Å². The number of hydrogen-bond acceptors (Lipinski definition) is 2. The van der Waals surface area contributed by atoms with Crippen LogP contribution in [0.3, 0.4) is 0 Å². The van der Waals surface area contributed by atoms with Crippen molar-refractivity contribution in [2.75, 3.05) is 6.54 Å². The van der Waals surface area contributed by atoms with Crippen molar-refractivity contribution in [2.45, 2.75) is 32.5 Å². The van der Waals surface area contributed by atoms with Gasteiger partial charge < -0.3 is 10.4 Å². The summed E-state index contributed by atoms with van der Waals surface area (Å²) in [5, 5.41) is 12.4. The highest BCUT2D eigenvalue weighted by Crippen LogP contribution is 2.30. The van der Waals surface area contributed by atoms with Crippen molar-refractivity contribution in [2.24, 2.45) is 5.92 Å². The molecule has 1 aromatic carbocycles. The lowest BCUT2D eigenvalue weighted by Crippen LogP contribution is -2.32. The number of nitrogens with one attached hydrogen (secondary N) is 1. The smallest absolute Gasteiger partial charge is 0.387 e. The van der Waals surface area contributed by atoms with Crippen LogP contribution in [0.25, 0.3) is 0 Å². The summed E-state index contributed by atoms with van der Waals surface area (Å²) in [6.45, 7) is 3.49. The number of carbonyl (C=O) groups excluding carboxylic acids is 1. The fraction of sp³-hybridized carbons (Fsp3) is 0.500. The molecule has 6 heteroatoms. The van der Waals surface area contributed by atoms with Crippen LogP contribution in [0.2, 0.25) is 0 Å². The third-order valence-electron chi connectivity index (χ3n) is 3.13. The van der Waals surface area contributed by atoms with Gasteiger partial charge >= 0.3 is 6.18 Å². The Morgan fingerprint density at radius 1 is 1.40 bits per heavy atom. The summed E-state index contributed by atoms with van der Waals surface area (Å²) in [6.07, 6.45) is -4.95. The van der Waals surface area contributed by atoms with Crippen LogP contribution in [0.5, 0.6) is 0 Å². The predicted molar refractivity (Wildman–Crippen MR) is 68.9 cm³/mol. The van der Waals surface area contributed by atoms with Gasteiger partial charge in [0.05, 0.1) is 11.7 Å². The molecule has 1 amide bonds. The minimum atomic E-state index is -4.45. The highest BCUT2D eigenvalue weighted by atomic mass is 19.4. The number of rotatable bonds is 5. The van der Waals surface area contributed by atoms with Gasteiger partial charge in [0.15, 0.2) is 0 Å². The first-order chi connectivity index (χ1) is 9.25. The van der Waals surface area contributed by atoms with E-state index in [1.807, 2.05) is 6.92 Å². The Labute approximate surface area is 115 Å². The Bertz CT molecular complexity index is 460. The second-order valence-corrected chi connectivity index (χ2v) is 4.69. The van der Waals surface area contributed by atoms with E-state index in [2.05, 4.69) is 5.32 Å². The Morgan fingerprint density at radius 3 is 2.60 bits per heavy atom. The summed E-state index contributed by atoms with van der Waals surface area (Å²) in [7, 11) is 0. The SMILES string of the molecule is CCC(C)C(=O)NCC(O)c1cccc(C(F)(F)F)c1. The average Bonchev–Trinajstić information content (AvgIpc) is 2.42. The third kappa shape index (κ3) is 4.52. The number of aliphatic hydroxyl groups is 1. The van der Waals surface area contributed by atoms with Gasteiger partial charge in [-0.05, 0) is 24.1 Å². The molecule has 0 radical (unpaired) electrons. The van der Waals surface area contributed by atoms with Gasteiger partial charge in [0.25, 0.3) is 0 Å². The average molecular weight is 289 g/mol. The van der Waals surface area contributed by atoms with E-state index >= 15 is 0 Å². The zero-order valence-corrected chi connectivity index (χ0v) is 11.4. The molecule has 3 nitrogen and oxygen atoms in total. The minimum Gasteiger partial charge on any atom is -0.387 e. The van der Waals surface area contributed by atoms with Crippen LogP contribution in [0.15, 0.2) is 24.3 Å². The van der Waals surface area contributed by atoms with E-state index in [0.717, 1.165) is 12.1 Å². The maximum atomic E-state index is 12.5. The lowest BCUT2D eigenvalue weighted by atomic mass is 10.0. The fourth-order valence-corrected chi connectivity index (χ4v) is 1.60. The maximum absolute atomic E-state index is 12.5. The van der Waals surface area contributed by atoms with E-state index in [1.165, 1.54) is 12.1 Å². The topological polar surface area (TPSA) is 49.3 Å². The molecular formula is C14H18F3NO2. The number of halogens is 3. The molecule has 112 valence electrons. The molecule has 0 aliphatic carbocycles. The molecule has 1 aromatic rings. The molecule has 0 bridgehead atoms. The van der Waals surface area contributed by atoms with E-state index in [9.17, 15) is 23.1 Å². The number of hydrogen-bond donors (Lipinski definition) is 2. The number of carbonyl (C=O) groups is 1. The zero-order chi connectivity index (χ0) is 15.3. The van der Waals surface area contributed by atoms with Crippen molar-refractivity contribution in [3.8, 4) is 0 Å². The first kappa shape index (κ1) is 16.5. The van der Waals surface area contributed by atoms with Gasteiger partial charge in [0.1, 0.15) is 0 Å². The summed E-state index contributed by atoms with van der Waals surface area (Å²) in [6, 6.07) is 4.46. The molecule has 0 aliphatic heterocycles. The van der Waals surface area contributed by atoms with Crippen LogP contribution < -0.4 is 5.32 Å². The Hall–Kier alpha value is -1.56. The quantitative estimate of drug-likeness (QED) is 0.875. The van der Waals surface area contributed by atoms with E-state index < -0.39 is 17.8 Å². The molecule has 2 unspecified atom stereocenters. The summed E-state index contributed by atoms with van der Waals surface area (Å²) in [5.41, 5.74) is -0.688. The van der Waals surface area contributed by atoms with Crippen LogP contribution in [0.1, 0.15) is 37.5 Å². The molecule has 0 saturated carbocycles. The van der Waals surface area contributed by atoms with E-state index in [-0.39, 0.29) is 23.9 Å². The number of benzene rings is 1. The van der Waals surface area contributed by atoms with Gasteiger partial charge in [-0.2, -0.15) is 13.2 Å². The predicted octanol–water partition coefficient (Wildman–Crippen LogP) is 2.90. The number of aliphatic hydroxyl groups excluding tert-OH is 1. The number of amides is 1. The Balaban J connectivity index is 2.69. The van der Waals surface area contributed by atoms with Gasteiger partial charge in [0.2, 0.25) is 5.91 Å². The summed E-state index contributed by atoms with van der Waals surface area (Å²) < 4.78 is 37.6. The highest BCUT2D eigenvalue weighted by molar-refractivity contribution is 5.78. The lowest BCUT2D eigenvalue weighted by molar-refractivity contribution is -0.137. The van der Waals surface area contributed by atoms with Gasteiger partial charge in [0, 0.05) is 12.5 Å². The molecule has 0 fully saturated rings.